The maximum absolute atomic E-state index is 9.22. The highest BCUT2D eigenvalue weighted by Crippen LogP contribution is 2.17. The molecule has 0 saturated heterocycles. The zero-order valence-electron chi connectivity index (χ0n) is 7.52. The van der Waals surface area contributed by atoms with E-state index >= 15 is 0 Å². The van der Waals surface area contributed by atoms with Crippen molar-refractivity contribution in [3.63, 3.8) is 0 Å². The summed E-state index contributed by atoms with van der Waals surface area (Å²) in [6, 6.07) is 0. The molecule has 0 rings (SSSR count). The molecule has 0 heterocycles. The molecule has 3 heteroatoms. The van der Waals surface area contributed by atoms with E-state index in [9.17, 15) is 5.11 Å². The van der Waals surface area contributed by atoms with Gasteiger partial charge in [-0.2, -0.15) is 0 Å². The lowest BCUT2D eigenvalue weighted by molar-refractivity contribution is 0.200. The van der Waals surface area contributed by atoms with Crippen molar-refractivity contribution in [1.29, 1.82) is 0 Å². The fourth-order valence-corrected chi connectivity index (χ4v) is 1.60. The first kappa shape index (κ1) is 11.2. The summed E-state index contributed by atoms with van der Waals surface area (Å²) in [4.78, 5) is 0. The Hall–Kier alpha value is 0.207. The predicted molar refractivity (Wildman–Crippen MR) is 53.8 cm³/mol. The van der Waals surface area contributed by atoms with Crippen molar-refractivity contribution in [2.45, 2.75) is 32.2 Å². The maximum atomic E-state index is 9.22. The molecular weight excluding hydrogens is 176 g/mol. The quantitative estimate of drug-likeness (QED) is 0.536. The molecule has 1 atom stereocenters. The lowest BCUT2D eigenvalue weighted by Gasteiger charge is -2.21. The van der Waals surface area contributed by atoms with Gasteiger partial charge in [-0.1, -0.05) is 24.8 Å². The van der Waals surface area contributed by atoms with Gasteiger partial charge in [-0.05, 0) is 6.42 Å². The van der Waals surface area contributed by atoms with E-state index in [1.165, 1.54) is 5.20 Å². The van der Waals surface area contributed by atoms with Gasteiger partial charge in [-0.15, -0.1) is 18.2 Å². The maximum Gasteiger partial charge on any atom is 0.0717 e. The van der Waals surface area contributed by atoms with Gasteiger partial charge >= 0.3 is 0 Å². The molecule has 0 aromatic heterocycles. The first-order chi connectivity index (χ1) is 4.88. The van der Waals surface area contributed by atoms with Gasteiger partial charge in [0.1, 0.15) is 0 Å². The van der Waals surface area contributed by atoms with Crippen LogP contribution in [0.2, 0.25) is 19.6 Å². The van der Waals surface area contributed by atoms with Crippen LogP contribution >= 0.6 is 11.6 Å². The Bertz CT molecular complexity index is 140. The first-order valence-electron chi connectivity index (χ1n) is 3.80. The van der Waals surface area contributed by atoms with Gasteiger partial charge in [0, 0.05) is 5.88 Å². The predicted octanol–water partition coefficient (Wildman–Crippen LogP) is 2.41. The topological polar surface area (TPSA) is 20.2 Å². The van der Waals surface area contributed by atoms with Gasteiger partial charge in [0.15, 0.2) is 0 Å². The van der Waals surface area contributed by atoms with Crippen LogP contribution in [0.4, 0.5) is 0 Å². The van der Waals surface area contributed by atoms with E-state index in [0.717, 1.165) is 0 Å². The lowest BCUT2D eigenvalue weighted by Crippen LogP contribution is -2.26. The zero-order chi connectivity index (χ0) is 9.07. The van der Waals surface area contributed by atoms with Gasteiger partial charge in [0.05, 0.1) is 14.2 Å². The monoisotopic (exact) mass is 192 g/mol. The van der Waals surface area contributed by atoms with Gasteiger partial charge < -0.3 is 5.11 Å². The standard InChI is InChI=1S/C8H17ClOSi/c1-7(11(2,3)4)5-8(10)6-9/h8,10H,1,5-6H2,2-4H3/t8-/m0/s1. The van der Waals surface area contributed by atoms with Crippen molar-refractivity contribution < 1.29 is 5.11 Å². The largest absolute Gasteiger partial charge is 0.392 e. The highest BCUT2D eigenvalue weighted by molar-refractivity contribution is 6.82. The lowest BCUT2D eigenvalue weighted by atomic mass is 10.3. The molecule has 11 heavy (non-hydrogen) atoms. The van der Waals surface area contributed by atoms with Crippen LogP contribution in [-0.2, 0) is 0 Å². The molecule has 0 amide bonds. The Balaban J connectivity index is 3.88. The van der Waals surface area contributed by atoms with E-state index in [0.29, 0.717) is 12.3 Å². The van der Waals surface area contributed by atoms with Crippen LogP contribution in [0.25, 0.3) is 0 Å². The Kier molecular flexibility index (Phi) is 4.37. The van der Waals surface area contributed by atoms with Crippen LogP contribution < -0.4 is 0 Å². The Labute approximate surface area is 75.1 Å². The van der Waals surface area contributed by atoms with Crippen molar-refractivity contribution in [2.75, 3.05) is 5.88 Å². The van der Waals surface area contributed by atoms with Crippen molar-refractivity contribution in [3.8, 4) is 0 Å². The normalized spacial score (nSPS) is 14.6. The van der Waals surface area contributed by atoms with E-state index < -0.39 is 14.2 Å². The molecule has 0 aliphatic heterocycles. The average molecular weight is 193 g/mol. The second kappa shape index (κ2) is 4.29. The minimum Gasteiger partial charge on any atom is -0.392 e. The number of alkyl halides is 1. The molecule has 0 unspecified atom stereocenters. The number of hydrogen-bond donors (Lipinski definition) is 1. The van der Waals surface area contributed by atoms with Crippen molar-refractivity contribution in [3.05, 3.63) is 11.8 Å². The van der Waals surface area contributed by atoms with Crippen molar-refractivity contribution in [2.24, 2.45) is 0 Å². The van der Waals surface area contributed by atoms with Crippen molar-refractivity contribution in [1.82, 2.24) is 0 Å². The summed E-state index contributed by atoms with van der Waals surface area (Å²) in [5.74, 6) is 0.309. The van der Waals surface area contributed by atoms with Gasteiger partial charge in [0.2, 0.25) is 0 Å². The first-order valence-corrected chi connectivity index (χ1v) is 7.83. The molecule has 0 aliphatic carbocycles. The second-order valence-corrected chi connectivity index (χ2v) is 9.38. The minimum absolute atomic E-state index is 0.309. The molecule has 0 aliphatic rings. The molecule has 0 saturated carbocycles. The molecule has 0 radical (unpaired) electrons. The summed E-state index contributed by atoms with van der Waals surface area (Å²) in [5, 5.41) is 10.4. The number of aliphatic hydroxyl groups excluding tert-OH is 1. The summed E-state index contributed by atoms with van der Waals surface area (Å²) in [7, 11) is -1.25. The zero-order valence-corrected chi connectivity index (χ0v) is 9.28. The smallest absolute Gasteiger partial charge is 0.0717 e. The molecule has 0 bridgehead atoms. The fraction of sp³-hybridized carbons (Fsp3) is 0.750. The summed E-state index contributed by atoms with van der Waals surface area (Å²) < 4.78 is 0. The SMILES string of the molecule is C=C(C[C@H](O)CCl)[Si](C)(C)C. The number of rotatable bonds is 4. The molecule has 0 spiro atoms. The van der Waals surface area contributed by atoms with E-state index in [1.807, 2.05) is 0 Å². The molecule has 0 aromatic rings. The summed E-state index contributed by atoms with van der Waals surface area (Å²) in [6.07, 6.45) is 0.259. The highest BCUT2D eigenvalue weighted by atomic mass is 35.5. The average Bonchev–Trinajstić information content (AvgIpc) is 1.85. The van der Waals surface area contributed by atoms with Crippen LogP contribution in [0, 0.1) is 0 Å². The Morgan fingerprint density at radius 3 is 2.27 bits per heavy atom. The minimum atomic E-state index is -1.25. The molecule has 0 fully saturated rings. The summed E-state index contributed by atoms with van der Waals surface area (Å²) in [5.41, 5.74) is 0. The third-order valence-electron chi connectivity index (χ3n) is 1.72. The van der Waals surface area contributed by atoms with Gasteiger partial charge in [-0.3, -0.25) is 0 Å². The summed E-state index contributed by atoms with van der Waals surface area (Å²) >= 11 is 5.47. The van der Waals surface area contributed by atoms with E-state index in [4.69, 9.17) is 11.6 Å². The number of aliphatic hydroxyl groups is 1. The van der Waals surface area contributed by atoms with E-state index in [-0.39, 0.29) is 0 Å². The highest BCUT2D eigenvalue weighted by Gasteiger charge is 2.19. The molecule has 1 N–H and O–H groups in total. The Morgan fingerprint density at radius 2 is 2.00 bits per heavy atom. The number of hydrogen-bond acceptors (Lipinski definition) is 1. The van der Waals surface area contributed by atoms with Crippen LogP contribution in [0.1, 0.15) is 6.42 Å². The molecule has 66 valence electrons. The third kappa shape index (κ3) is 4.61. The molecule has 0 aromatic carbocycles. The summed E-state index contributed by atoms with van der Waals surface area (Å²) in [6.45, 7) is 10.6. The fourth-order valence-electron chi connectivity index (χ4n) is 0.645. The van der Waals surface area contributed by atoms with Gasteiger partial charge in [-0.25, -0.2) is 0 Å². The Morgan fingerprint density at radius 1 is 1.55 bits per heavy atom. The van der Waals surface area contributed by atoms with Crippen molar-refractivity contribution >= 4 is 19.7 Å². The third-order valence-corrected chi connectivity index (χ3v) is 4.40. The van der Waals surface area contributed by atoms with Crippen LogP contribution in [0.5, 0.6) is 0 Å². The molecule has 1 nitrogen and oxygen atoms in total. The number of halogens is 1. The van der Waals surface area contributed by atoms with Crippen LogP contribution in [0.15, 0.2) is 11.8 Å². The second-order valence-electron chi connectivity index (χ2n) is 3.87. The molecular formula is C8H17ClOSi. The van der Waals surface area contributed by atoms with E-state index in [2.05, 4.69) is 26.2 Å². The van der Waals surface area contributed by atoms with E-state index in [1.54, 1.807) is 0 Å². The van der Waals surface area contributed by atoms with Gasteiger partial charge in [0.25, 0.3) is 0 Å². The van der Waals surface area contributed by atoms with Crippen LogP contribution in [-0.4, -0.2) is 25.2 Å². The van der Waals surface area contributed by atoms with Crippen LogP contribution in [0.3, 0.4) is 0 Å².